The van der Waals surface area contributed by atoms with E-state index in [4.69, 9.17) is 0 Å². The van der Waals surface area contributed by atoms with Gasteiger partial charge in [0.25, 0.3) is 0 Å². The molecule has 3 heteroatoms. The molecule has 1 aromatic heterocycles. The van der Waals surface area contributed by atoms with Crippen LogP contribution in [0.1, 0.15) is 27.1 Å². The zero-order valence-electron chi connectivity index (χ0n) is 10.0. The average Bonchev–Trinajstić information content (AvgIpc) is 2.68. The number of rotatable bonds is 4. The summed E-state index contributed by atoms with van der Waals surface area (Å²) >= 11 is 1.62. The summed E-state index contributed by atoms with van der Waals surface area (Å²) < 4.78 is 0. The molecule has 2 nitrogen and oxygen atoms in total. The van der Waals surface area contributed by atoms with E-state index in [1.54, 1.807) is 11.3 Å². The van der Waals surface area contributed by atoms with Crippen molar-refractivity contribution in [1.82, 2.24) is 4.98 Å². The van der Waals surface area contributed by atoms with Crippen LogP contribution in [0.15, 0.2) is 30.3 Å². The molecule has 0 saturated heterocycles. The van der Waals surface area contributed by atoms with Crippen molar-refractivity contribution in [3.8, 4) is 0 Å². The molecule has 0 amide bonds. The van der Waals surface area contributed by atoms with Gasteiger partial charge >= 0.3 is 0 Å². The maximum absolute atomic E-state index is 11.2. The molecule has 2 aromatic rings. The molecule has 0 aliphatic carbocycles. The Labute approximate surface area is 105 Å². The number of thiazole rings is 1. The van der Waals surface area contributed by atoms with Gasteiger partial charge in [-0.25, -0.2) is 4.98 Å². The molecular formula is C14H15NOS. The van der Waals surface area contributed by atoms with E-state index >= 15 is 0 Å². The van der Waals surface area contributed by atoms with Gasteiger partial charge in [0, 0.05) is 4.88 Å². The Balaban J connectivity index is 2.20. The Bertz CT molecular complexity index is 485. The van der Waals surface area contributed by atoms with Crippen LogP contribution in [-0.4, -0.2) is 11.3 Å². The van der Waals surface area contributed by atoms with Crippen molar-refractivity contribution >= 4 is 17.6 Å². The van der Waals surface area contributed by atoms with Gasteiger partial charge in [0.05, 0.1) is 11.6 Å². The monoisotopic (exact) mass is 245 g/mol. The molecule has 1 unspecified atom stereocenters. The third-order valence-corrected chi connectivity index (χ3v) is 4.03. The first-order valence-corrected chi connectivity index (χ1v) is 6.45. The SMILES string of the molecule is Cc1nc(C(C=O)Cc2ccccc2)sc1C. The van der Waals surface area contributed by atoms with E-state index in [9.17, 15) is 4.79 Å². The maximum atomic E-state index is 11.2. The predicted octanol–water partition coefficient (Wildman–Crippen LogP) is 3.29. The van der Waals surface area contributed by atoms with Gasteiger partial charge in [-0.15, -0.1) is 11.3 Å². The largest absolute Gasteiger partial charge is 0.303 e. The lowest BCUT2D eigenvalue weighted by atomic mass is 10.0. The van der Waals surface area contributed by atoms with Crippen molar-refractivity contribution in [1.29, 1.82) is 0 Å². The number of hydrogen-bond donors (Lipinski definition) is 0. The van der Waals surface area contributed by atoms with E-state index in [0.717, 1.165) is 23.4 Å². The molecule has 0 spiro atoms. The highest BCUT2D eigenvalue weighted by molar-refractivity contribution is 7.11. The second-order valence-corrected chi connectivity index (χ2v) is 5.36. The number of carbonyl (C=O) groups excluding carboxylic acids is 1. The van der Waals surface area contributed by atoms with Gasteiger partial charge in [-0.05, 0) is 25.8 Å². The van der Waals surface area contributed by atoms with Gasteiger partial charge in [-0.1, -0.05) is 30.3 Å². The van der Waals surface area contributed by atoms with Crippen molar-refractivity contribution in [3.05, 3.63) is 51.5 Å². The van der Waals surface area contributed by atoms with E-state index in [2.05, 4.69) is 4.98 Å². The Morgan fingerprint density at radius 3 is 2.53 bits per heavy atom. The van der Waals surface area contributed by atoms with Crippen LogP contribution in [0, 0.1) is 13.8 Å². The minimum atomic E-state index is -0.116. The summed E-state index contributed by atoms with van der Waals surface area (Å²) in [5.41, 5.74) is 2.21. The normalized spacial score (nSPS) is 12.4. The molecule has 2 rings (SSSR count). The van der Waals surface area contributed by atoms with Crippen LogP contribution in [0.25, 0.3) is 0 Å². The molecule has 0 fully saturated rings. The van der Waals surface area contributed by atoms with Crippen molar-refractivity contribution in [2.75, 3.05) is 0 Å². The molecule has 0 aliphatic heterocycles. The van der Waals surface area contributed by atoms with Gasteiger partial charge in [-0.2, -0.15) is 0 Å². The highest BCUT2D eigenvalue weighted by Crippen LogP contribution is 2.25. The Morgan fingerprint density at radius 1 is 1.29 bits per heavy atom. The van der Waals surface area contributed by atoms with E-state index < -0.39 is 0 Å². The third-order valence-electron chi connectivity index (χ3n) is 2.82. The molecule has 0 saturated carbocycles. The second-order valence-electron chi connectivity index (χ2n) is 4.13. The lowest BCUT2D eigenvalue weighted by molar-refractivity contribution is -0.109. The van der Waals surface area contributed by atoms with E-state index in [1.165, 1.54) is 10.4 Å². The molecule has 1 heterocycles. The van der Waals surface area contributed by atoms with Crippen LogP contribution >= 0.6 is 11.3 Å². The molecule has 0 radical (unpaired) electrons. The number of hydrogen-bond acceptors (Lipinski definition) is 3. The first kappa shape index (κ1) is 12.0. The lowest BCUT2D eigenvalue weighted by Gasteiger charge is -2.06. The number of benzene rings is 1. The molecule has 88 valence electrons. The summed E-state index contributed by atoms with van der Waals surface area (Å²) in [6.45, 7) is 4.03. The fourth-order valence-corrected chi connectivity index (χ4v) is 2.70. The summed E-state index contributed by atoms with van der Waals surface area (Å²) in [5, 5.41) is 0.929. The van der Waals surface area contributed by atoms with Gasteiger partial charge in [0.15, 0.2) is 0 Å². The summed E-state index contributed by atoms with van der Waals surface area (Å²) in [5.74, 6) is -0.116. The molecule has 1 aromatic carbocycles. The van der Waals surface area contributed by atoms with E-state index in [0.29, 0.717) is 0 Å². The quantitative estimate of drug-likeness (QED) is 0.774. The topological polar surface area (TPSA) is 30.0 Å². The second kappa shape index (κ2) is 5.23. The fourth-order valence-electron chi connectivity index (χ4n) is 1.72. The first-order valence-electron chi connectivity index (χ1n) is 5.64. The predicted molar refractivity (Wildman–Crippen MR) is 70.5 cm³/mol. The molecule has 1 atom stereocenters. The number of aryl methyl sites for hydroxylation is 2. The number of aromatic nitrogens is 1. The molecule has 0 aliphatic rings. The van der Waals surface area contributed by atoms with Crippen LogP contribution in [0.3, 0.4) is 0 Å². The van der Waals surface area contributed by atoms with Crippen LogP contribution in [0.2, 0.25) is 0 Å². The molecule has 0 bridgehead atoms. The number of carbonyl (C=O) groups is 1. The van der Waals surface area contributed by atoms with Crippen LogP contribution in [0.4, 0.5) is 0 Å². The fraction of sp³-hybridized carbons (Fsp3) is 0.286. The molecule has 17 heavy (non-hydrogen) atoms. The number of nitrogens with zero attached hydrogens (tertiary/aromatic N) is 1. The Morgan fingerprint density at radius 2 is 2.00 bits per heavy atom. The standard InChI is InChI=1S/C14H15NOS/c1-10-11(2)17-14(15-10)13(9-16)8-12-6-4-3-5-7-12/h3-7,9,13H,8H2,1-2H3. The Kier molecular flexibility index (Phi) is 3.69. The highest BCUT2D eigenvalue weighted by Gasteiger charge is 2.16. The summed E-state index contributed by atoms with van der Waals surface area (Å²) in [6.07, 6.45) is 1.74. The van der Waals surface area contributed by atoms with Gasteiger partial charge in [0.2, 0.25) is 0 Å². The summed E-state index contributed by atoms with van der Waals surface area (Å²) in [6, 6.07) is 10.1. The lowest BCUT2D eigenvalue weighted by Crippen LogP contribution is -2.04. The van der Waals surface area contributed by atoms with Gasteiger partial charge in [-0.3, -0.25) is 0 Å². The van der Waals surface area contributed by atoms with Crippen molar-refractivity contribution in [2.24, 2.45) is 0 Å². The molecular weight excluding hydrogens is 230 g/mol. The van der Waals surface area contributed by atoms with Gasteiger partial charge in [0.1, 0.15) is 11.3 Å². The maximum Gasteiger partial charge on any atom is 0.130 e. The minimum absolute atomic E-state index is 0.116. The zero-order chi connectivity index (χ0) is 12.3. The van der Waals surface area contributed by atoms with Crippen LogP contribution in [0.5, 0.6) is 0 Å². The average molecular weight is 245 g/mol. The van der Waals surface area contributed by atoms with Crippen LogP contribution < -0.4 is 0 Å². The van der Waals surface area contributed by atoms with Crippen molar-refractivity contribution < 1.29 is 4.79 Å². The molecule has 0 N–H and O–H groups in total. The minimum Gasteiger partial charge on any atom is -0.303 e. The van der Waals surface area contributed by atoms with Crippen molar-refractivity contribution in [3.63, 3.8) is 0 Å². The van der Waals surface area contributed by atoms with Crippen molar-refractivity contribution in [2.45, 2.75) is 26.2 Å². The smallest absolute Gasteiger partial charge is 0.130 e. The highest BCUT2D eigenvalue weighted by atomic mass is 32.1. The third kappa shape index (κ3) is 2.80. The van der Waals surface area contributed by atoms with Gasteiger partial charge < -0.3 is 4.79 Å². The Hall–Kier alpha value is -1.48. The van der Waals surface area contributed by atoms with Crippen LogP contribution in [-0.2, 0) is 11.2 Å². The summed E-state index contributed by atoms with van der Waals surface area (Å²) in [7, 11) is 0. The zero-order valence-corrected chi connectivity index (χ0v) is 10.8. The first-order chi connectivity index (χ1) is 8.20. The number of aldehydes is 1. The van der Waals surface area contributed by atoms with E-state index in [-0.39, 0.29) is 5.92 Å². The van der Waals surface area contributed by atoms with E-state index in [1.807, 2.05) is 44.2 Å². The summed E-state index contributed by atoms with van der Waals surface area (Å²) in [4.78, 5) is 16.9.